The number of carbonyl (C=O) groups is 3. The molecule has 0 aliphatic heterocycles. The predicted molar refractivity (Wildman–Crippen MR) is 283 cm³/mol. The molecule has 0 rings (SSSR count). The summed E-state index contributed by atoms with van der Waals surface area (Å²) in [5.41, 5.74) is 0. The van der Waals surface area contributed by atoms with E-state index in [9.17, 15) is 14.4 Å². The molecule has 0 aliphatic rings. The van der Waals surface area contributed by atoms with Gasteiger partial charge in [0.2, 0.25) is 0 Å². The van der Waals surface area contributed by atoms with Crippen molar-refractivity contribution < 1.29 is 28.6 Å². The van der Waals surface area contributed by atoms with Crippen molar-refractivity contribution in [3.8, 4) is 0 Å². The van der Waals surface area contributed by atoms with Crippen molar-refractivity contribution in [1.82, 2.24) is 0 Å². The van der Waals surface area contributed by atoms with E-state index in [0.29, 0.717) is 25.7 Å². The maximum absolute atomic E-state index is 12.8. The maximum atomic E-state index is 12.8. The zero-order valence-electron chi connectivity index (χ0n) is 42.1. The van der Waals surface area contributed by atoms with Gasteiger partial charge in [-0.2, -0.15) is 0 Å². The largest absolute Gasteiger partial charge is 0.462 e. The first kappa shape index (κ1) is 61.5. The molecule has 66 heavy (non-hydrogen) atoms. The van der Waals surface area contributed by atoms with Crippen LogP contribution >= 0.6 is 0 Å². The minimum Gasteiger partial charge on any atom is -0.462 e. The van der Waals surface area contributed by atoms with Gasteiger partial charge in [0.05, 0.1) is 0 Å². The van der Waals surface area contributed by atoms with Gasteiger partial charge in [-0.05, 0) is 96.3 Å². The molecule has 0 saturated carbocycles. The molecule has 6 nitrogen and oxygen atoms in total. The van der Waals surface area contributed by atoms with Crippen LogP contribution in [0, 0.1) is 0 Å². The van der Waals surface area contributed by atoms with Crippen LogP contribution in [0.4, 0.5) is 0 Å². The van der Waals surface area contributed by atoms with Crippen molar-refractivity contribution in [2.75, 3.05) is 13.2 Å². The molecule has 0 radical (unpaired) electrons. The standard InChI is InChI=1S/C60H94O6/c1-4-7-10-13-16-19-22-25-27-29-30-32-33-35-38-41-44-47-50-53-59(62)65-56-57(55-64-58(61)52-49-46-43-40-37-24-21-18-15-12-9-6-3)66-60(63)54-51-48-45-42-39-36-34-31-28-26-23-20-17-14-11-8-5-2/h8-9,11-12,14,16-23,25-26,28,31,34,36-37,39-40,57H,4-7,10,13,15,24,27,29-30,32-33,35,38,41-56H2,1-3H3/b11-8-,12-9-,17-14-,19-16-,21-18-,23-20-,25-22-,28-26-,34-31+,39-36-,40-37-. The molecule has 0 aromatic heterocycles. The Labute approximate surface area is 405 Å². The minimum absolute atomic E-state index is 0.115. The second kappa shape index (κ2) is 53.2. The number of unbranched alkanes of at least 4 members (excludes halogenated alkanes) is 18. The van der Waals surface area contributed by atoms with Crippen LogP contribution in [0.3, 0.4) is 0 Å². The smallest absolute Gasteiger partial charge is 0.306 e. The Kier molecular flexibility index (Phi) is 49.6. The van der Waals surface area contributed by atoms with Gasteiger partial charge in [0.1, 0.15) is 13.2 Å². The first-order valence-electron chi connectivity index (χ1n) is 26.3. The highest BCUT2D eigenvalue weighted by molar-refractivity contribution is 5.71. The van der Waals surface area contributed by atoms with Crippen LogP contribution in [0.5, 0.6) is 0 Å². The molecule has 0 bridgehead atoms. The van der Waals surface area contributed by atoms with Crippen LogP contribution in [-0.4, -0.2) is 37.2 Å². The molecule has 0 spiro atoms. The van der Waals surface area contributed by atoms with Crippen molar-refractivity contribution in [3.63, 3.8) is 0 Å². The number of rotatable bonds is 45. The second-order valence-corrected chi connectivity index (χ2v) is 16.8. The summed E-state index contributed by atoms with van der Waals surface area (Å²) >= 11 is 0. The third kappa shape index (κ3) is 50.5. The first-order valence-corrected chi connectivity index (χ1v) is 26.3. The summed E-state index contributed by atoms with van der Waals surface area (Å²) in [7, 11) is 0. The quantitative estimate of drug-likeness (QED) is 0.0199. The van der Waals surface area contributed by atoms with Gasteiger partial charge < -0.3 is 14.2 Å². The highest BCUT2D eigenvalue weighted by Gasteiger charge is 2.19. The van der Waals surface area contributed by atoms with E-state index < -0.39 is 6.10 Å². The summed E-state index contributed by atoms with van der Waals surface area (Å²) in [4.78, 5) is 38.0. The molecule has 0 aliphatic carbocycles. The van der Waals surface area contributed by atoms with Crippen LogP contribution < -0.4 is 0 Å². The number of carbonyl (C=O) groups excluding carboxylic acids is 3. The van der Waals surface area contributed by atoms with Gasteiger partial charge in [-0.25, -0.2) is 0 Å². The van der Waals surface area contributed by atoms with Gasteiger partial charge in [0.25, 0.3) is 0 Å². The number of esters is 3. The Morgan fingerprint density at radius 1 is 0.333 bits per heavy atom. The van der Waals surface area contributed by atoms with Crippen molar-refractivity contribution in [3.05, 3.63) is 134 Å². The van der Waals surface area contributed by atoms with Gasteiger partial charge in [0.15, 0.2) is 6.10 Å². The van der Waals surface area contributed by atoms with E-state index in [1.165, 1.54) is 77.0 Å². The highest BCUT2D eigenvalue weighted by Crippen LogP contribution is 2.14. The topological polar surface area (TPSA) is 78.9 Å². The van der Waals surface area contributed by atoms with Gasteiger partial charge in [0, 0.05) is 19.3 Å². The van der Waals surface area contributed by atoms with Crippen molar-refractivity contribution in [1.29, 1.82) is 0 Å². The van der Waals surface area contributed by atoms with Crippen molar-refractivity contribution >= 4 is 17.9 Å². The van der Waals surface area contributed by atoms with Crippen molar-refractivity contribution in [2.24, 2.45) is 0 Å². The van der Waals surface area contributed by atoms with Crippen LogP contribution in [0.15, 0.2) is 134 Å². The Balaban J connectivity index is 4.51. The van der Waals surface area contributed by atoms with Crippen molar-refractivity contribution in [2.45, 2.75) is 213 Å². The summed E-state index contributed by atoms with van der Waals surface area (Å²) in [6.07, 6.45) is 74.4. The first-order chi connectivity index (χ1) is 32.5. The van der Waals surface area contributed by atoms with E-state index in [-0.39, 0.29) is 37.5 Å². The summed E-state index contributed by atoms with van der Waals surface area (Å²) in [5.74, 6) is -1.01. The third-order valence-corrected chi connectivity index (χ3v) is 10.6. The Bertz CT molecular complexity index is 1460. The molecule has 1 atom stereocenters. The second-order valence-electron chi connectivity index (χ2n) is 16.8. The van der Waals surface area contributed by atoms with E-state index in [1.807, 2.05) is 60.8 Å². The lowest BCUT2D eigenvalue weighted by atomic mass is 10.1. The summed E-state index contributed by atoms with van der Waals surface area (Å²) in [6, 6.07) is 0. The van der Waals surface area contributed by atoms with Crippen LogP contribution in [0.2, 0.25) is 0 Å². The maximum Gasteiger partial charge on any atom is 0.306 e. The molecule has 6 heteroatoms. The SMILES string of the molecule is CC\C=C/C=C\C=C/C=C\C=C\C=C/CCCCCC(=O)OC(COC(=O)CCCC/C=C\C/C=C\C/C=C\CC)COC(=O)CCCCCCCCCCCC/C=C\C=C/CCCCC. The average Bonchev–Trinajstić information content (AvgIpc) is 3.31. The van der Waals surface area contributed by atoms with E-state index in [1.54, 1.807) is 0 Å². The van der Waals surface area contributed by atoms with Gasteiger partial charge in [-0.15, -0.1) is 0 Å². The fourth-order valence-electron chi connectivity index (χ4n) is 6.65. The summed E-state index contributed by atoms with van der Waals surface area (Å²) in [5, 5.41) is 0. The number of hydrogen-bond donors (Lipinski definition) is 0. The Hall–Kier alpha value is -4.45. The van der Waals surface area contributed by atoms with E-state index in [4.69, 9.17) is 14.2 Å². The minimum atomic E-state index is -0.823. The fourth-order valence-corrected chi connectivity index (χ4v) is 6.65. The van der Waals surface area contributed by atoms with Crippen LogP contribution in [-0.2, 0) is 28.6 Å². The summed E-state index contributed by atoms with van der Waals surface area (Å²) in [6.45, 7) is 6.25. The molecule has 0 N–H and O–H groups in total. The van der Waals surface area contributed by atoms with E-state index >= 15 is 0 Å². The number of allylic oxidation sites excluding steroid dienone is 22. The van der Waals surface area contributed by atoms with Crippen LogP contribution in [0.1, 0.15) is 207 Å². The Morgan fingerprint density at radius 2 is 0.667 bits per heavy atom. The molecule has 0 aromatic carbocycles. The summed E-state index contributed by atoms with van der Waals surface area (Å²) < 4.78 is 16.7. The third-order valence-electron chi connectivity index (χ3n) is 10.6. The lowest BCUT2D eigenvalue weighted by Crippen LogP contribution is -2.30. The molecular formula is C60H94O6. The molecule has 0 saturated heterocycles. The molecule has 0 fully saturated rings. The number of hydrogen-bond acceptors (Lipinski definition) is 6. The zero-order chi connectivity index (χ0) is 47.9. The monoisotopic (exact) mass is 911 g/mol. The molecular weight excluding hydrogens is 817 g/mol. The molecule has 0 aromatic rings. The fraction of sp³-hybridized carbons (Fsp3) is 0.583. The van der Waals surface area contributed by atoms with Gasteiger partial charge in [-0.1, -0.05) is 225 Å². The molecule has 0 amide bonds. The normalized spacial score (nSPS) is 13.2. The predicted octanol–water partition coefficient (Wildman–Crippen LogP) is 17.5. The van der Waals surface area contributed by atoms with E-state index in [2.05, 4.69) is 93.7 Å². The van der Waals surface area contributed by atoms with Crippen LogP contribution in [0.25, 0.3) is 0 Å². The van der Waals surface area contributed by atoms with Gasteiger partial charge >= 0.3 is 17.9 Å². The lowest BCUT2D eigenvalue weighted by Gasteiger charge is -2.18. The lowest BCUT2D eigenvalue weighted by molar-refractivity contribution is -0.167. The zero-order valence-corrected chi connectivity index (χ0v) is 42.1. The highest BCUT2D eigenvalue weighted by atomic mass is 16.6. The average molecular weight is 911 g/mol. The number of ether oxygens (including phenoxy) is 3. The Morgan fingerprint density at radius 3 is 1.17 bits per heavy atom. The molecule has 1 unspecified atom stereocenters. The molecule has 370 valence electrons. The van der Waals surface area contributed by atoms with Gasteiger partial charge in [-0.3, -0.25) is 14.4 Å². The molecule has 0 heterocycles. The van der Waals surface area contributed by atoms with E-state index in [0.717, 1.165) is 77.0 Å².